The van der Waals surface area contributed by atoms with Crippen LogP contribution in [0.5, 0.6) is 0 Å². The minimum atomic E-state index is 0.0667. The summed E-state index contributed by atoms with van der Waals surface area (Å²) in [4.78, 5) is 6.54. The van der Waals surface area contributed by atoms with E-state index in [9.17, 15) is 0 Å². The Balaban J connectivity index is 1.52. The van der Waals surface area contributed by atoms with Crippen LogP contribution in [0.25, 0.3) is 11.0 Å². The largest absolute Gasteiger partial charge is 0.371 e. The van der Waals surface area contributed by atoms with Crippen LogP contribution < -0.4 is 0 Å². The summed E-state index contributed by atoms with van der Waals surface area (Å²) in [5.74, 6) is 0. The van der Waals surface area contributed by atoms with Gasteiger partial charge >= 0.3 is 0 Å². The minimum Gasteiger partial charge on any atom is -0.371 e. The van der Waals surface area contributed by atoms with E-state index < -0.39 is 0 Å². The van der Waals surface area contributed by atoms with Gasteiger partial charge in [-0.25, -0.2) is 4.63 Å². The molecule has 3 heterocycles. The molecule has 6 heteroatoms. The number of nitrogens with zero attached hydrogens (tertiary/aromatic N) is 4. The molecule has 0 amide bonds. The minimum absolute atomic E-state index is 0.0667. The summed E-state index contributed by atoms with van der Waals surface area (Å²) in [6, 6.07) is 9.97. The Kier molecular flexibility index (Phi) is 3.54. The van der Waals surface area contributed by atoms with E-state index in [1.165, 1.54) is 0 Å². The Morgan fingerprint density at radius 1 is 1.18 bits per heavy atom. The number of ether oxygens (including phenoxy) is 1. The molecule has 1 aromatic carbocycles. The van der Waals surface area contributed by atoms with Crippen molar-refractivity contribution in [1.82, 2.24) is 20.2 Å². The van der Waals surface area contributed by atoms with Crippen molar-refractivity contribution >= 4 is 11.0 Å². The van der Waals surface area contributed by atoms with E-state index in [4.69, 9.17) is 9.37 Å². The van der Waals surface area contributed by atoms with E-state index in [1.54, 1.807) is 6.20 Å². The molecule has 0 radical (unpaired) electrons. The molecule has 0 aliphatic carbocycles. The van der Waals surface area contributed by atoms with Gasteiger partial charge in [-0.2, -0.15) is 0 Å². The number of hydrogen-bond acceptors (Lipinski definition) is 6. The number of aromatic nitrogens is 3. The lowest BCUT2D eigenvalue weighted by atomic mass is 10.1. The predicted molar refractivity (Wildman–Crippen MR) is 80.0 cm³/mol. The third-order valence-electron chi connectivity index (χ3n) is 3.97. The molecule has 3 aromatic rings. The molecular formula is C16H16N4O2. The van der Waals surface area contributed by atoms with E-state index in [-0.39, 0.29) is 6.10 Å². The number of morpholine rings is 1. The highest BCUT2D eigenvalue weighted by molar-refractivity contribution is 5.76. The van der Waals surface area contributed by atoms with E-state index >= 15 is 0 Å². The summed E-state index contributed by atoms with van der Waals surface area (Å²) in [7, 11) is 0. The Bertz CT molecular complexity index is 759. The van der Waals surface area contributed by atoms with Crippen molar-refractivity contribution < 1.29 is 9.37 Å². The van der Waals surface area contributed by atoms with Crippen LogP contribution in [-0.2, 0) is 11.3 Å². The maximum absolute atomic E-state index is 5.88. The van der Waals surface area contributed by atoms with Crippen molar-refractivity contribution in [3.05, 3.63) is 53.9 Å². The van der Waals surface area contributed by atoms with Crippen LogP contribution in [0.2, 0.25) is 0 Å². The van der Waals surface area contributed by atoms with Gasteiger partial charge in [-0.3, -0.25) is 9.88 Å². The first kappa shape index (κ1) is 13.4. The predicted octanol–water partition coefficient (Wildman–Crippen LogP) is 2.19. The van der Waals surface area contributed by atoms with Gasteiger partial charge in [0.05, 0.1) is 12.7 Å². The van der Waals surface area contributed by atoms with E-state index in [0.717, 1.165) is 41.8 Å². The average molecular weight is 296 g/mol. The molecule has 2 aromatic heterocycles. The molecule has 1 aliphatic rings. The van der Waals surface area contributed by atoms with Crippen LogP contribution in [0, 0.1) is 0 Å². The lowest BCUT2D eigenvalue weighted by molar-refractivity contribution is -0.0329. The topological polar surface area (TPSA) is 64.3 Å². The molecule has 6 nitrogen and oxygen atoms in total. The van der Waals surface area contributed by atoms with Crippen molar-refractivity contribution in [2.75, 3.05) is 19.7 Å². The highest BCUT2D eigenvalue weighted by atomic mass is 16.6. The van der Waals surface area contributed by atoms with Crippen molar-refractivity contribution in [2.45, 2.75) is 12.6 Å². The zero-order valence-corrected chi connectivity index (χ0v) is 12.1. The molecule has 1 fully saturated rings. The number of pyridine rings is 1. The second-order valence-corrected chi connectivity index (χ2v) is 5.43. The fraction of sp³-hybridized carbons (Fsp3) is 0.312. The van der Waals surface area contributed by atoms with Gasteiger partial charge in [0, 0.05) is 37.6 Å². The second-order valence-electron chi connectivity index (χ2n) is 5.43. The first-order valence-corrected chi connectivity index (χ1v) is 7.34. The van der Waals surface area contributed by atoms with Crippen molar-refractivity contribution in [3.8, 4) is 0 Å². The fourth-order valence-corrected chi connectivity index (χ4v) is 2.84. The number of hydrogen-bond donors (Lipinski definition) is 0. The zero-order chi connectivity index (χ0) is 14.8. The Morgan fingerprint density at radius 3 is 3.09 bits per heavy atom. The zero-order valence-electron chi connectivity index (χ0n) is 12.1. The van der Waals surface area contributed by atoms with Crippen LogP contribution in [0.1, 0.15) is 17.2 Å². The first-order valence-electron chi connectivity index (χ1n) is 7.34. The Morgan fingerprint density at radius 2 is 2.18 bits per heavy atom. The van der Waals surface area contributed by atoms with Crippen LogP contribution in [0.3, 0.4) is 0 Å². The third-order valence-corrected chi connectivity index (χ3v) is 3.97. The quantitative estimate of drug-likeness (QED) is 0.738. The van der Waals surface area contributed by atoms with E-state index in [1.807, 2.05) is 24.4 Å². The summed E-state index contributed by atoms with van der Waals surface area (Å²) in [5.41, 5.74) is 3.89. The number of fused-ring (bicyclic) bond motifs is 1. The van der Waals surface area contributed by atoms with Crippen molar-refractivity contribution in [1.29, 1.82) is 0 Å². The summed E-state index contributed by atoms with van der Waals surface area (Å²) < 4.78 is 10.7. The SMILES string of the molecule is c1cncc([C@H]2CN(Cc3cccc4nonc34)CCO2)c1. The molecule has 1 atom stereocenters. The number of rotatable bonds is 3. The van der Waals surface area contributed by atoms with E-state index in [2.05, 4.69) is 32.3 Å². The molecule has 112 valence electrons. The highest BCUT2D eigenvalue weighted by Crippen LogP contribution is 2.24. The monoisotopic (exact) mass is 296 g/mol. The molecule has 22 heavy (non-hydrogen) atoms. The second kappa shape index (κ2) is 5.82. The maximum Gasteiger partial charge on any atom is 0.139 e. The molecule has 0 unspecified atom stereocenters. The van der Waals surface area contributed by atoms with Gasteiger partial charge in [0.15, 0.2) is 0 Å². The third kappa shape index (κ3) is 2.58. The summed E-state index contributed by atoms with van der Waals surface area (Å²) in [5, 5.41) is 7.90. The standard InChI is InChI=1S/C16H16N4O2/c1-3-13(16-14(5-1)18-22-19-16)10-20-7-8-21-15(11-20)12-4-2-6-17-9-12/h1-6,9,15H,7-8,10-11H2/t15-/m1/s1. The molecule has 0 spiro atoms. The molecule has 0 bridgehead atoms. The molecule has 0 N–H and O–H groups in total. The lowest BCUT2D eigenvalue weighted by Gasteiger charge is -2.33. The van der Waals surface area contributed by atoms with Crippen LogP contribution in [-0.4, -0.2) is 39.9 Å². The summed E-state index contributed by atoms with van der Waals surface area (Å²) in [6.45, 7) is 3.27. The molecular weight excluding hydrogens is 280 g/mol. The molecule has 1 saturated heterocycles. The van der Waals surface area contributed by atoms with Crippen LogP contribution >= 0.6 is 0 Å². The van der Waals surface area contributed by atoms with E-state index in [0.29, 0.717) is 6.61 Å². The smallest absolute Gasteiger partial charge is 0.139 e. The Labute approximate surface area is 127 Å². The van der Waals surface area contributed by atoms with Crippen molar-refractivity contribution in [3.63, 3.8) is 0 Å². The average Bonchev–Trinajstić information content (AvgIpc) is 3.06. The van der Waals surface area contributed by atoms with Gasteiger partial charge < -0.3 is 4.74 Å². The summed E-state index contributed by atoms with van der Waals surface area (Å²) in [6.07, 6.45) is 3.72. The van der Waals surface area contributed by atoms with Gasteiger partial charge in [-0.1, -0.05) is 18.2 Å². The maximum atomic E-state index is 5.88. The van der Waals surface area contributed by atoms with Crippen molar-refractivity contribution in [2.24, 2.45) is 0 Å². The summed E-state index contributed by atoms with van der Waals surface area (Å²) >= 11 is 0. The normalized spacial score (nSPS) is 19.5. The first-order chi connectivity index (χ1) is 10.9. The van der Waals surface area contributed by atoms with Gasteiger partial charge in [0.2, 0.25) is 0 Å². The van der Waals surface area contributed by atoms with Gasteiger partial charge in [-0.05, 0) is 28.0 Å². The number of benzene rings is 1. The molecule has 0 saturated carbocycles. The molecule has 4 rings (SSSR count). The van der Waals surface area contributed by atoms with Crippen LogP contribution in [0.4, 0.5) is 0 Å². The fourth-order valence-electron chi connectivity index (χ4n) is 2.84. The van der Waals surface area contributed by atoms with Gasteiger partial charge in [-0.15, -0.1) is 0 Å². The van der Waals surface area contributed by atoms with Crippen LogP contribution in [0.15, 0.2) is 47.4 Å². The van der Waals surface area contributed by atoms with Gasteiger partial charge in [0.25, 0.3) is 0 Å². The lowest BCUT2D eigenvalue weighted by Crippen LogP contribution is -2.37. The van der Waals surface area contributed by atoms with Gasteiger partial charge in [0.1, 0.15) is 11.0 Å². The highest BCUT2D eigenvalue weighted by Gasteiger charge is 2.23. The molecule has 1 aliphatic heterocycles. The Hall–Kier alpha value is -2.31.